The largest absolute Gasteiger partial charge is 0.480 e. The van der Waals surface area contributed by atoms with Crippen molar-refractivity contribution in [3.05, 3.63) is 16.6 Å². The highest BCUT2D eigenvalue weighted by Crippen LogP contribution is 2.41. The van der Waals surface area contributed by atoms with Crippen LogP contribution in [0.4, 0.5) is 0 Å². The number of amides is 1. The number of carboxylic acid groups (broad SMARTS) is 1. The zero-order valence-corrected chi connectivity index (χ0v) is 14.7. The standard InChI is InChI=1S/C17H21N3O3S/c1-9-11-8-14(24-16(11)19(2)18-9)15(21)20-12-6-4-3-5-10(12)7-13(20)17(22)23/h8,10,12-13H,3-7H2,1-2H3,(H,22,23). The monoisotopic (exact) mass is 347 g/mol. The van der Waals surface area contributed by atoms with E-state index in [1.807, 2.05) is 20.0 Å². The summed E-state index contributed by atoms with van der Waals surface area (Å²) in [6.07, 6.45) is 4.77. The van der Waals surface area contributed by atoms with Gasteiger partial charge in [0.1, 0.15) is 10.9 Å². The minimum absolute atomic E-state index is 0.0804. The maximum atomic E-state index is 13.2. The van der Waals surface area contributed by atoms with Crippen molar-refractivity contribution in [2.45, 2.75) is 51.1 Å². The number of aryl methyl sites for hydroxylation is 2. The van der Waals surface area contributed by atoms with Crippen LogP contribution in [0.25, 0.3) is 10.2 Å². The van der Waals surface area contributed by atoms with Crippen molar-refractivity contribution in [3.8, 4) is 0 Å². The van der Waals surface area contributed by atoms with Crippen molar-refractivity contribution in [2.75, 3.05) is 0 Å². The van der Waals surface area contributed by atoms with Crippen molar-refractivity contribution in [3.63, 3.8) is 0 Å². The van der Waals surface area contributed by atoms with Crippen LogP contribution < -0.4 is 0 Å². The lowest BCUT2D eigenvalue weighted by atomic mass is 9.85. The number of hydrogen-bond donors (Lipinski definition) is 1. The summed E-state index contributed by atoms with van der Waals surface area (Å²) in [6.45, 7) is 1.93. The van der Waals surface area contributed by atoms with E-state index in [9.17, 15) is 14.7 Å². The molecule has 7 heteroatoms. The van der Waals surface area contributed by atoms with Gasteiger partial charge in [0.2, 0.25) is 0 Å². The first-order valence-corrected chi connectivity index (χ1v) is 9.27. The number of fused-ring (bicyclic) bond motifs is 2. The molecular weight excluding hydrogens is 326 g/mol. The molecule has 24 heavy (non-hydrogen) atoms. The van der Waals surface area contributed by atoms with Gasteiger partial charge >= 0.3 is 5.97 Å². The highest BCUT2D eigenvalue weighted by Gasteiger charge is 2.48. The third-order valence-corrected chi connectivity index (χ3v) is 6.70. The van der Waals surface area contributed by atoms with Crippen LogP contribution in [0.3, 0.4) is 0 Å². The molecule has 6 nitrogen and oxygen atoms in total. The summed E-state index contributed by atoms with van der Waals surface area (Å²) >= 11 is 1.41. The Hall–Kier alpha value is -1.89. The summed E-state index contributed by atoms with van der Waals surface area (Å²) < 4.78 is 1.79. The number of likely N-dealkylation sites (tertiary alicyclic amines) is 1. The fourth-order valence-corrected chi connectivity index (χ4v) is 5.48. The normalized spacial score (nSPS) is 26.8. The number of hydrogen-bond acceptors (Lipinski definition) is 4. The van der Waals surface area contributed by atoms with Crippen LogP contribution in [0.15, 0.2) is 6.07 Å². The predicted molar refractivity (Wildman–Crippen MR) is 91.3 cm³/mol. The van der Waals surface area contributed by atoms with E-state index in [2.05, 4.69) is 5.10 Å². The number of nitrogens with zero attached hydrogens (tertiary/aromatic N) is 3. The van der Waals surface area contributed by atoms with Gasteiger partial charge in [-0.2, -0.15) is 5.10 Å². The Balaban J connectivity index is 1.72. The van der Waals surface area contributed by atoms with E-state index in [0.29, 0.717) is 17.2 Å². The molecule has 4 rings (SSSR count). The Morgan fingerprint density at radius 1 is 1.33 bits per heavy atom. The molecule has 2 aromatic rings. The molecule has 0 bridgehead atoms. The van der Waals surface area contributed by atoms with Crippen LogP contribution in [0.1, 0.15) is 47.5 Å². The third kappa shape index (κ3) is 2.25. The number of carbonyl (C=O) groups is 2. The molecule has 1 amide bonds. The highest BCUT2D eigenvalue weighted by molar-refractivity contribution is 7.20. The molecule has 1 N–H and O–H groups in total. The molecule has 3 unspecified atom stereocenters. The molecule has 0 aromatic carbocycles. The van der Waals surface area contributed by atoms with Gasteiger partial charge in [-0.1, -0.05) is 12.8 Å². The molecule has 3 atom stereocenters. The minimum atomic E-state index is -0.878. The van der Waals surface area contributed by atoms with Crippen LogP contribution in [0, 0.1) is 12.8 Å². The van der Waals surface area contributed by atoms with E-state index >= 15 is 0 Å². The Morgan fingerprint density at radius 2 is 2.08 bits per heavy atom. The summed E-state index contributed by atoms with van der Waals surface area (Å²) in [6, 6.07) is 1.27. The van der Waals surface area contributed by atoms with E-state index in [-0.39, 0.29) is 11.9 Å². The molecule has 0 radical (unpaired) electrons. The molecule has 2 fully saturated rings. The Bertz CT molecular complexity index is 790. The summed E-state index contributed by atoms with van der Waals surface area (Å²) in [5.74, 6) is -0.671. The average Bonchev–Trinajstić information content (AvgIpc) is 3.21. The van der Waals surface area contributed by atoms with Gasteiger partial charge in [0, 0.05) is 18.5 Å². The van der Waals surface area contributed by atoms with Gasteiger partial charge < -0.3 is 10.0 Å². The lowest BCUT2D eigenvalue weighted by Crippen LogP contribution is -2.46. The van der Waals surface area contributed by atoms with Gasteiger partial charge in [-0.05, 0) is 38.2 Å². The quantitative estimate of drug-likeness (QED) is 0.906. The number of carboxylic acids is 1. The smallest absolute Gasteiger partial charge is 0.326 e. The Kier molecular flexibility index (Phi) is 3.63. The first-order valence-electron chi connectivity index (χ1n) is 8.46. The van der Waals surface area contributed by atoms with Crippen molar-refractivity contribution < 1.29 is 14.7 Å². The number of aliphatic carboxylic acids is 1. The van der Waals surface area contributed by atoms with Crippen LogP contribution in [0.5, 0.6) is 0 Å². The lowest BCUT2D eigenvalue weighted by Gasteiger charge is -2.32. The van der Waals surface area contributed by atoms with Crippen LogP contribution in [0.2, 0.25) is 0 Å². The van der Waals surface area contributed by atoms with E-state index < -0.39 is 12.0 Å². The molecule has 1 saturated heterocycles. The summed E-state index contributed by atoms with van der Waals surface area (Å²) in [4.78, 5) is 28.1. The second-order valence-corrected chi connectivity index (χ2v) is 7.98. The van der Waals surface area contributed by atoms with Crippen molar-refractivity contribution in [2.24, 2.45) is 13.0 Å². The lowest BCUT2D eigenvalue weighted by molar-refractivity contribution is -0.141. The van der Waals surface area contributed by atoms with Crippen molar-refractivity contribution >= 4 is 33.4 Å². The Labute approximate surface area is 144 Å². The zero-order chi connectivity index (χ0) is 17.0. The first kappa shape index (κ1) is 15.6. The molecule has 1 saturated carbocycles. The number of rotatable bonds is 2. The fourth-order valence-electron chi connectivity index (χ4n) is 4.41. The summed E-state index contributed by atoms with van der Waals surface area (Å²) in [5.41, 5.74) is 0.898. The molecule has 2 aliphatic rings. The SMILES string of the molecule is Cc1nn(C)c2sc(C(=O)N3C(C(=O)O)CC4CCCCC43)cc12. The van der Waals surface area contributed by atoms with E-state index in [4.69, 9.17) is 0 Å². The van der Waals surface area contributed by atoms with Crippen LogP contribution >= 0.6 is 11.3 Å². The molecule has 3 heterocycles. The van der Waals surface area contributed by atoms with Gasteiger partial charge in [0.15, 0.2) is 0 Å². The van der Waals surface area contributed by atoms with E-state index in [1.54, 1.807) is 9.58 Å². The Morgan fingerprint density at radius 3 is 2.79 bits per heavy atom. The first-order chi connectivity index (χ1) is 11.5. The summed E-state index contributed by atoms with van der Waals surface area (Å²) in [5, 5.41) is 15.0. The van der Waals surface area contributed by atoms with Crippen molar-refractivity contribution in [1.82, 2.24) is 14.7 Å². The van der Waals surface area contributed by atoms with Gasteiger partial charge in [0.05, 0.1) is 10.6 Å². The van der Waals surface area contributed by atoms with E-state index in [0.717, 1.165) is 41.6 Å². The topological polar surface area (TPSA) is 75.4 Å². The number of aromatic nitrogens is 2. The molecule has 1 aliphatic heterocycles. The maximum absolute atomic E-state index is 13.2. The fraction of sp³-hybridized carbons (Fsp3) is 0.588. The number of thiophene rings is 1. The number of carbonyl (C=O) groups excluding carboxylic acids is 1. The predicted octanol–water partition coefficient (Wildman–Crippen LogP) is 2.80. The molecule has 1 aliphatic carbocycles. The molecular formula is C17H21N3O3S. The maximum Gasteiger partial charge on any atom is 0.326 e. The molecule has 0 spiro atoms. The van der Waals surface area contributed by atoms with E-state index in [1.165, 1.54) is 11.3 Å². The van der Waals surface area contributed by atoms with Gasteiger partial charge in [0.25, 0.3) is 5.91 Å². The van der Waals surface area contributed by atoms with Crippen molar-refractivity contribution in [1.29, 1.82) is 0 Å². The minimum Gasteiger partial charge on any atom is -0.480 e. The van der Waals surface area contributed by atoms with Crippen LogP contribution in [-0.2, 0) is 11.8 Å². The van der Waals surface area contributed by atoms with Crippen LogP contribution in [-0.4, -0.2) is 43.7 Å². The molecule has 2 aromatic heterocycles. The van der Waals surface area contributed by atoms with Gasteiger partial charge in [-0.25, -0.2) is 4.79 Å². The second-order valence-electron chi connectivity index (χ2n) is 6.95. The highest BCUT2D eigenvalue weighted by atomic mass is 32.1. The third-order valence-electron chi connectivity index (χ3n) is 5.51. The molecule has 128 valence electrons. The second kappa shape index (κ2) is 5.58. The average molecular weight is 347 g/mol. The van der Waals surface area contributed by atoms with Gasteiger partial charge in [-0.15, -0.1) is 11.3 Å². The summed E-state index contributed by atoms with van der Waals surface area (Å²) in [7, 11) is 1.87. The zero-order valence-electron chi connectivity index (χ0n) is 13.9. The van der Waals surface area contributed by atoms with Gasteiger partial charge in [-0.3, -0.25) is 9.48 Å².